The van der Waals surface area contributed by atoms with Gasteiger partial charge in [-0.2, -0.15) is 0 Å². The topological polar surface area (TPSA) is 57.6 Å². The van der Waals surface area contributed by atoms with E-state index in [2.05, 4.69) is 12.1 Å². The second-order valence-electron chi connectivity index (χ2n) is 8.99. The van der Waals surface area contributed by atoms with Crippen molar-refractivity contribution in [2.75, 3.05) is 6.54 Å². The molecule has 174 valence electrons. The number of carbonyl (C=O) groups excluding carboxylic acids is 2. The van der Waals surface area contributed by atoms with Crippen LogP contribution in [-0.4, -0.2) is 28.2 Å². The molecule has 1 heterocycles. The molecule has 1 aliphatic heterocycles. The van der Waals surface area contributed by atoms with Crippen LogP contribution in [0.2, 0.25) is 0 Å². The number of benzene rings is 4. The molecule has 4 aromatic carbocycles. The first-order chi connectivity index (χ1) is 17.1. The zero-order chi connectivity index (χ0) is 24.3. The quantitative estimate of drug-likeness (QED) is 0.269. The molecule has 5 rings (SSSR count). The predicted octanol–water partition coefficient (Wildman–Crippen LogP) is 5.73. The van der Waals surface area contributed by atoms with E-state index in [1.807, 2.05) is 89.8 Å². The summed E-state index contributed by atoms with van der Waals surface area (Å²) >= 11 is 0. The summed E-state index contributed by atoms with van der Waals surface area (Å²) in [6, 6.07) is 34.2. The fourth-order valence-corrected chi connectivity index (χ4v) is 5.01. The summed E-state index contributed by atoms with van der Waals surface area (Å²) in [6.45, 7) is 0.624. The first-order valence-corrected chi connectivity index (χ1v) is 11.9. The van der Waals surface area contributed by atoms with Gasteiger partial charge in [-0.3, -0.25) is 9.59 Å². The maximum absolute atomic E-state index is 12.9. The number of rotatable bonds is 8. The lowest BCUT2D eigenvalue weighted by Crippen LogP contribution is -2.62. The van der Waals surface area contributed by atoms with Crippen LogP contribution >= 0.6 is 0 Å². The lowest BCUT2D eigenvalue weighted by molar-refractivity contribution is -0.154. The molecule has 1 fully saturated rings. The van der Waals surface area contributed by atoms with E-state index in [0.717, 1.165) is 24.0 Å². The number of phenolic OH excluding ortho intramolecular Hbond substituents is 1. The van der Waals surface area contributed by atoms with Crippen molar-refractivity contribution in [2.24, 2.45) is 0 Å². The molecule has 0 spiro atoms. The van der Waals surface area contributed by atoms with E-state index in [1.165, 1.54) is 5.56 Å². The van der Waals surface area contributed by atoms with E-state index in [4.69, 9.17) is 0 Å². The standard InChI is InChI=1S/C31H27NO3/c33-28-19-17-27(18-20-28)31(22-29(34)32(31)21-7-10-23-8-3-1-4-9-23)26-15-13-25(14-16-26)30(35)24-11-5-2-6-12-24/h1-6,8-9,11-20,33H,7,10,21-22H2. The Kier molecular flexibility index (Phi) is 6.19. The zero-order valence-corrected chi connectivity index (χ0v) is 19.4. The van der Waals surface area contributed by atoms with E-state index >= 15 is 0 Å². The van der Waals surface area contributed by atoms with Gasteiger partial charge in [-0.15, -0.1) is 0 Å². The van der Waals surface area contributed by atoms with Gasteiger partial charge >= 0.3 is 0 Å². The maximum Gasteiger partial charge on any atom is 0.226 e. The summed E-state index contributed by atoms with van der Waals surface area (Å²) in [5.41, 5.74) is 3.82. The number of hydrogen-bond donors (Lipinski definition) is 1. The molecule has 1 atom stereocenters. The Hall–Kier alpha value is -4.18. The number of likely N-dealkylation sites (tertiary alicyclic amines) is 1. The minimum Gasteiger partial charge on any atom is -0.508 e. The van der Waals surface area contributed by atoms with Gasteiger partial charge in [0.2, 0.25) is 5.91 Å². The van der Waals surface area contributed by atoms with Crippen molar-refractivity contribution >= 4 is 11.7 Å². The minimum atomic E-state index is -0.615. The van der Waals surface area contributed by atoms with Crippen molar-refractivity contribution in [3.05, 3.63) is 137 Å². The minimum absolute atomic E-state index is 0.0276. The number of amides is 1. The number of β-lactam (4-membered cyclic amide) rings is 1. The Morgan fingerprint density at radius 2 is 1.29 bits per heavy atom. The lowest BCUT2D eigenvalue weighted by atomic mass is 9.72. The highest BCUT2D eigenvalue weighted by atomic mass is 16.3. The Morgan fingerprint density at radius 1 is 0.743 bits per heavy atom. The smallest absolute Gasteiger partial charge is 0.226 e. The maximum atomic E-state index is 12.9. The van der Waals surface area contributed by atoms with Gasteiger partial charge in [0.05, 0.1) is 6.42 Å². The summed E-state index contributed by atoms with van der Waals surface area (Å²) in [4.78, 5) is 27.7. The first-order valence-electron chi connectivity index (χ1n) is 11.9. The molecule has 4 nitrogen and oxygen atoms in total. The summed E-state index contributed by atoms with van der Waals surface area (Å²) in [7, 11) is 0. The fraction of sp³-hybridized carbons (Fsp3) is 0.161. The van der Waals surface area contributed by atoms with Crippen LogP contribution in [0.15, 0.2) is 109 Å². The normalized spacial score (nSPS) is 17.1. The van der Waals surface area contributed by atoms with Crippen molar-refractivity contribution < 1.29 is 14.7 Å². The van der Waals surface area contributed by atoms with Crippen molar-refractivity contribution in [1.82, 2.24) is 4.90 Å². The Labute approximate surface area is 205 Å². The number of phenols is 1. The third kappa shape index (κ3) is 4.35. The lowest BCUT2D eigenvalue weighted by Gasteiger charge is -2.53. The highest BCUT2D eigenvalue weighted by Gasteiger charge is 2.52. The molecule has 0 aromatic heterocycles. The summed E-state index contributed by atoms with van der Waals surface area (Å²) in [6.07, 6.45) is 2.09. The van der Waals surface area contributed by atoms with Gasteiger partial charge < -0.3 is 10.0 Å². The molecular weight excluding hydrogens is 434 g/mol. The van der Waals surface area contributed by atoms with Crippen molar-refractivity contribution in [1.29, 1.82) is 0 Å². The van der Waals surface area contributed by atoms with E-state index in [-0.39, 0.29) is 17.4 Å². The van der Waals surface area contributed by atoms with Gasteiger partial charge in [0, 0.05) is 17.7 Å². The monoisotopic (exact) mass is 461 g/mol. The number of ketones is 1. The van der Waals surface area contributed by atoms with Gasteiger partial charge in [0.15, 0.2) is 5.78 Å². The molecule has 1 N–H and O–H groups in total. The molecule has 4 aromatic rings. The van der Waals surface area contributed by atoms with Crippen molar-refractivity contribution in [3.63, 3.8) is 0 Å². The van der Waals surface area contributed by atoms with E-state index in [1.54, 1.807) is 12.1 Å². The third-order valence-corrected chi connectivity index (χ3v) is 6.86. The zero-order valence-electron chi connectivity index (χ0n) is 19.4. The molecule has 1 saturated heterocycles. The Morgan fingerprint density at radius 3 is 1.89 bits per heavy atom. The summed E-state index contributed by atoms with van der Waals surface area (Å²) in [5, 5.41) is 9.86. The summed E-state index contributed by atoms with van der Waals surface area (Å²) in [5.74, 6) is 0.268. The van der Waals surface area contributed by atoms with E-state index in [9.17, 15) is 14.7 Å². The molecule has 1 aliphatic rings. The van der Waals surface area contributed by atoms with Crippen LogP contribution in [0.25, 0.3) is 0 Å². The van der Waals surface area contributed by atoms with Gasteiger partial charge in [0.1, 0.15) is 11.3 Å². The first kappa shape index (κ1) is 22.6. The molecule has 4 heteroatoms. The van der Waals surface area contributed by atoms with Crippen LogP contribution in [0.4, 0.5) is 0 Å². The summed E-state index contributed by atoms with van der Waals surface area (Å²) < 4.78 is 0. The Bertz CT molecular complexity index is 1320. The third-order valence-electron chi connectivity index (χ3n) is 6.86. The molecule has 0 aliphatic carbocycles. The van der Waals surface area contributed by atoms with Crippen molar-refractivity contribution in [3.8, 4) is 5.75 Å². The molecular formula is C31H27NO3. The SMILES string of the molecule is O=C(c1ccccc1)c1ccc(C2(c3ccc(O)cc3)CC(=O)N2CCCc2ccccc2)cc1. The van der Waals surface area contributed by atoms with Gasteiger partial charge in [-0.1, -0.05) is 97.1 Å². The largest absolute Gasteiger partial charge is 0.508 e. The molecule has 1 amide bonds. The average molecular weight is 462 g/mol. The van der Waals surface area contributed by atoms with Crippen LogP contribution in [0.1, 0.15) is 45.5 Å². The van der Waals surface area contributed by atoms with Gasteiger partial charge in [-0.05, 0) is 41.7 Å². The fourth-order valence-electron chi connectivity index (χ4n) is 5.01. The van der Waals surface area contributed by atoms with Crippen molar-refractivity contribution in [2.45, 2.75) is 24.8 Å². The molecule has 0 saturated carbocycles. The second-order valence-corrected chi connectivity index (χ2v) is 8.99. The number of carbonyl (C=O) groups is 2. The van der Waals surface area contributed by atoms with Crippen LogP contribution in [-0.2, 0) is 16.8 Å². The highest BCUT2D eigenvalue weighted by molar-refractivity contribution is 6.09. The van der Waals surface area contributed by atoms with Gasteiger partial charge in [0.25, 0.3) is 0 Å². The van der Waals surface area contributed by atoms with Gasteiger partial charge in [-0.25, -0.2) is 0 Å². The predicted molar refractivity (Wildman–Crippen MR) is 136 cm³/mol. The van der Waals surface area contributed by atoms with E-state index < -0.39 is 5.54 Å². The van der Waals surface area contributed by atoms with Crippen LogP contribution in [0.3, 0.4) is 0 Å². The van der Waals surface area contributed by atoms with Crippen LogP contribution in [0.5, 0.6) is 5.75 Å². The molecule has 0 bridgehead atoms. The number of hydrogen-bond acceptors (Lipinski definition) is 3. The number of aromatic hydroxyl groups is 1. The highest BCUT2D eigenvalue weighted by Crippen LogP contribution is 2.47. The van der Waals surface area contributed by atoms with Crippen LogP contribution < -0.4 is 0 Å². The Balaban J connectivity index is 1.45. The van der Waals surface area contributed by atoms with Crippen LogP contribution in [0, 0.1) is 0 Å². The van der Waals surface area contributed by atoms with E-state index in [0.29, 0.717) is 24.1 Å². The molecule has 1 unspecified atom stereocenters. The number of nitrogens with zero attached hydrogens (tertiary/aromatic N) is 1. The molecule has 35 heavy (non-hydrogen) atoms. The number of aryl methyl sites for hydroxylation is 1. The average Bonchev–Trinajstić information content (AvgIpc) is 2.91. The molecule has 0 radical (unpaired) electrons. The second kappa shape index (κ2) is 9.59.